The summed E-state index contributed by atoms with van der Waals surface area (Å²) in [6, 6.07) is 22.1. The maximum atomic E-state index is 16.0. The summed E-state index contributed by atoms with van der Waals surface area (Å²) in [5.41, 5.74) is 2.22. The highest BCUT2D eigenvalue weighted by Crippen LogP contribution is 2.33. The number of hydrogen-bond acceptors (Lipinski definition) is 8. The van der Waals surface area contributed by atoms with Crippen LogP contribution in [0.5, 0.6) is 5.88 Å². The first-order valence-electron chi connectivity index (χ1n) is 15.6. The van der Waals surface area contributed by atoms with Gasteiger partial charge in [0.25, 0.3) is 0 Å². The summed E-state index contributed by atoms with van der Waals surface area (Å²) in [6.07, 6.45) is 1.64. The number of carbonyl (C=O) groups is 1. The van der Waals surface area contributed by atoms with Crippen molar-refractivity contribution in [3.05, 3.63) is 113 Å². The molecule has 48 heavy (non-hydrogen) atoms. The van der Waals surface area contributed by atoms with E-state index < -0.39 is 17.6 Å². The second kappa shape index (κ2) is 14.6. The smallest absolute Gasteiger partial charge is 0.338 e. The predicted octanol–water partition coefficient (Wildman–Crippen LogP) is 6.63. The van der Waals surface area contributed by atoms with Crippen molar-refractivity contribution in [1.82, 2.24) is 19.4 Å². The fourth-order valence-electron chi connectivity index (χ4n) is 5.99. The van der Waals surface area contributed by atoms with Crippen LogP contribution in [0.4, 0.5) is 20.2 Å². The number of fused-ring (bicyclic) bond motifs is 1. The number of halogens is 2. The molecule has 0 atom stereocenters. The number of para-hydroxylation sites is 1. The molecule has 2 N–H and O–H groups in total. The number of benzene rings is 3. The third-order valence-corrected chi connectivity index (χ3v) is 8.53. The van der Waals surface area contributed by atoms with Crippen molar-refractivity contribution in [2.24, 2.45) is 0 Å². The topological polar surface area (TPSA) is 126 Å². The van der Waals surface area contributed by atoms with Crippen molar-refractivity contribution in [2.45, 2.75) is 38.5 Å². The Labute approximate surface area is 276 Å². The number of aromatic nitrogens is 3. The average Bonchev–Trinajstić information content (AvgIpc) is 3.45. The Hall–Kier alpha value is -5.38. The first kappa shape index (κ1) is 32.6. The van der Waals surface area contributed by atoms with Gasteiger partial charge in [-0.05, 0) is 62.3 Å². The lowest BCUT2D eigenvalue weighted by Crippen LogP contribution is -2.33. The third kappa shape index (κ3) is 7.12. The number of anilines is 2. The number of likely N-dealkylation sites (tertiary alicyclic amines) is 1. The number of hydrogen-bond donors (Lipinski definition) is 2. The number of pyridine rings is 1. The number of methoxy groups -OCH3 is 1. The van der Waals surface area contributed by atoms with Gasteiger partial charge in [0.15, 0.2) is 5.82 Å². The van der Waals surface area contributed by atoms with Gasteiger partial charge in [-0.15, -0.1) is 0 Å². The highest BCUT2D eigenvalue weighted by atomic mass is 19.1. The number of piperidine rings is 1. The maximum Gasteiger partial charge on any atom is 0.338 e. The van der Waals surface area contributed by atoms with Crippen LogP contribution >= 0.6 is 0 Å². The minimum absolute atomic E-state index is 0.00508. The summed E-state index contributed by atoms with van der Waals surface area (Å²) in [4.78, 5) is 23.9. The zero-order valence-electron chi connectivity index (χ0n) is 26.3. The highest BCUT2D eigenvalue weighted by Gasteiger charge is 2.27. The van der Waals surface area contributed by atoms with Crippen molar-refractivity contribution in [2.75, 3.05) is 32.1 Å². The molecule has 1 aliphatic rings. The number of nitrogens with zero attached hydrogens (tertiary/aromatic N) is 5. The molecule has 2 aromatic heterocycles. The van der Waals surface area contributed by atoms with Crippen molar-refractivity contribution < 1.29 is 28.2 Å². The van der Waals surface area contributed by atoms with Crippen LogP contribution in [-0.2, 0) is 24.4 Å². The van der Waals surface area contributed by atoms with Crippen LogP contribution in [0.3, 0.4) is 0 Å². The highest BCUT2D eigenvalue weighted by molar-refractivity contribution is 6.00. The zero-order valence-corrected chi connectivity index (χ0v) is 26.3. The normalized spacial score (nSPS) is 13.8. The van der Waals surface area contributed by atoms with E-state index in [4.69, 9.17) is 19.7 Å². The van der Waals surface area contributed by atoms with Crippen molar-refractivity contribution in [3.8, 4) is 11.9 Å². The molecule has 5 aromatic rings. The number of rotatable bonds is 12. The number of carboxylic acid groups (broad SMARTS) is 1. The van der Waals surface area contributed by atoms with Crippen LogP contribution < -0.4 is 10.1 Å². The van der Waals surface area contributed by atoms with E-state index in [1.807, 2.05) is 28.8 Å². The van der Waals surface area contributed by atoms with Gasteiger partial charge in [-0.2, -0.15) is 5.26 Å². The monoisotopic (exact) mass is 652 g/mol. The molecule has 0 amide bonds. The van der Waals surface area contributed by atoms with Crippen molar-refractivity contribution in [1.29, 1.82) is 5.26 Å². The first-order chi connectivity index (χ1) is 23.3. The summed E-state index contributed by atoms with van der Waals surface area (Å²) in [5.74, 6) is -1.26. The summed E-state index contributed by atoms with van der Waals surface area (Å²) in [6.45, 7) is 2.65. The van der Waals surface area contributed by atoms with Crippen molar-refractivity contribution >= 4 is 28.4 Å². The molecule has 246 valence electrons. The second-order valence-corrected chi connectivity index (χ2v) is 11.6. The molecule has 10 nitrogen and oxygen atoms in total. The Bertz CT molecular complexity index is 1970. The van der Waals surface area contributed by atoms with Crippen LogP contribution in [0.25, 0.3) is 11.0 Å². The predicted molar refractivity (Wildman–Crippen MR) is 175 cm³/mol. The second-order valence-electron chi connectivity index (χ2n) is 11.6. The lowest BCUT2D eigenvalue weighted by atomic mass is 9.93. The molecule has 3 aromatic carbocycles. The van der Waals surface area contributed by atoms with E-state index >= 15 is 4.39 Å². The summed E-state index contributed by atoms with van der Waals surface area (Å²) < 4.78 is 43.3. The Morgan fingerprint density at radius 1 is 1.06 bits per heavy atom. The summed E-state index contributed by atoms with van der Waals surface area (Å²) >= 11 is 0. The van der Waals surface area contributed by atoms with E-state index in [-0.39, 0.29) is 34.9 Å². The first-order valence-corrected chi connectivity index (χ1v) is 15.6. The Balaban J connectivity index is 1.17. The minimum Gasteiger partial charge on any atom is -0.478 e. The third-order valence-electron chi connectivity index (χ3n) is 8.53. The molecular weight excluding hydrogens is 618 g/mol. The molecule has 3 heterocycles. The molecule has 0 radical (unpaired) electrons. The largest absolute Gasteiger partial charge is 0.478 e. The molecular formula is C36H34F2N6O4. The van der Waals surface area contributed by atoms with Crippen LogP contribution in [0.2, 0.25) is 0 Å². The van der Waals surface area contributed by atoms with E-state index in [9.17, 15) is 14.3 Å². The average molecular weight is 653 g/mol. The molecule has 1 saturated heterocycles. The summed E-state index contributed by atoms with van der Waals surface area (Å²) in [5, 5.41) is 21.9. The van der Waals surface area contributed by atoms with E-state index in [0.717, 1.165) is 31.6 Å². The lowest BCUT2D eigenvalue weighted by molar-refractivity contribution is 0.0697. The standard InChI is InChI=1S/C36H34F2N6O4/c1-47-17-16-44-30-19-27(36(45)46)34(40-26-6-3-2-4-7-26)33(38)35(30)42-31(44)21-43-14-12-24(13-15-43)29-8-5-9-32(41-29)48-22-25-11-10-23(20-39)18-28(25)37/h2-11,18-19,24,40H,12-17,21-22H2,1H3,(H,45,46). The molecule has 1 aliphatic heterocycles. The number of aromatic carboxylic acids is 1. The molecule has 0 saturated carbocycles. The van der Waals surface area contributed by atoms with Crippen LogP contribution in [0, 0.1) is 23.0 Å². The number of ether oxygens (including phenoxy) is 2. The number of nitriles is 1. The Kier molecular flexibility index (Phi) is 9.89. The lowest BCUT2D eigenvalue weighted by Gasteiger charge is -2.31. The molecule has 0 bridgehead atoms. The van der Waals surface area contributed by atoms with Gasteiger partial charge < -0.3 is 24.5 Å². The molecule has 6 rings (SSSR count). The Morgan fingerprint density at radius 3 is 2.56 bits per heavy atom. The summed E-state index contributed by atoms with van der Waals surface area (Å²) in [7, 11) is 1.58. The van der Waals surface area contributed by atoms with E-state index in [2.05, 4.69) is 15.2 Å². The number of imidazole rings is 1. The maximum absolute atomic E-state index is 16.0. The molecule has 0 aliphatic carbocycles. The van der Waals surface area contributed by atoms with Crippen molar-refractivity contribution in [3.63, 3.8) is 0 Å². The van der Waals surface area contributed by atoms with Gasteiger partial charge in [0.2, 0.25) is 5.88 Å². The molecule has 0 spiro atoms. The van der Waals surface area contributed by atoms with E-state index in [1.165, 1.54) is 18.2 Å². The van der Waals surface area contributed by atoms with Crippen LogP contribution in [0.1, 0.15) is 51.8 Å². The van der Waals surface area contributed by atoms with Gasteiger partial charge in [-0.25, -0.2) is 23.5 Å². The van der Waals surface area contributed by atoms with Gasteiger partial charge in [0.05, 0.1) is 41.6 Å². The van der Waals surface area contributed by atoms with Gasteiger partial charge in [0, 0.05) is 42.6 Å². The number of nitrogens with one attached hydrogen (secondary N) is 1. The van der Waals surface area contributed by atoms with E-state index in [0.29, 0.717) is 48.2 Å². The fraction of sp³-hybridized carbons (Fsp3) is 0.278. The number of carboxylic acids is 1. The molecule has 1 fully saturated rings. The van der Waals surface area contributed by atoms with Crippen LogP contribution in [-0.4, -0.2) is 57.3 Å². The SMILES string of the molecule is COCCn1c(CN2CCC(c3cccc(OCc4ccc(C#N)cc4F)n3)CC2)nc2c(F)c(Nc3ccccc3)c(C(=O)O)cc21. The quantitative estimate of drug-likeness (QED) is 0.153. The Morgan fingerprint density at radius 2 is 1.85 bits per heavy atom. The zero-order chi connectivity index (χ0) is 33.6. The molecule has 0 unspecified atom stereocenters. The van der Waals surface area contributed by atoms with Gasteiger partial charge in [-0.3, -0.25) is 4.90 Å². The van der Waals surface area contributed by atoms with Gasteiger partial charge >= 0.3 is 5.97 Å². The minimum atomic E-state index is -1.25. The molecule has 12 heteroatoms. The van der Waals surface area contributed by atoms with Gasteiger partial charge in [0.1, 0.15) is 23.8 Å². The fourth-order valence-corrected chi connectivity index (χ4v) is 5.99. The van der Waals surface area contributed by atoms with Gasteiger partial charge in [-0.1, -0.05) is 30.3 Å². The van der Waals surface area contributed by atoms with Crippen LogP contribution in [0.15, 0.2) is 72.8 Å². The van der Waals surface area contributed by atoms with E-state index in [1.54, 1.807) is 43.5 Å².